The topological polar surface area (TPSA) is 101 Å². The minimum Gasteiger partial charge on any atom is -0.360 e. The standard InChI is InChI=1S/C16H21N3O4S/c1-11(2)9-14(16(20)17-15-10-12(3)23-18-15)19-24(21,22)13-7-5-4-6-8-13/h4-8,10-11,14,19H,9H2,1-3H3,(H,17,18,20)/t14-/m0/s1. The zero-order valence-corrected chi connectivity index (χ0v) is 14.6. The molecule has 24 heavy (non-hydrogen) atoms. The molecule has 2 aromatic rings. The lowest BCUT2D eigenvalue weighted by Crippen LogP contribution is -2.44. The van der Waals surface area contributed by atoms with Gasteiger partial charge in [-0.3, -0.25) is 4.79 Å². The van der Waals surface area contributed by atoms with E-state index in [4.69, 9.17) is 4.52 Å². The predicted molar refractivity (Wildman–Crippen MR) is 89.9 cm³/mol. The summed E-state index contributed by atoms with van der Waals surface area (Å²) >= 11 is 0. The second-order valence-corrected chi connectivity index (χ2v) is 7.64. The molecule has 2 rings (SSSR count). The fraction of sp³-hybridized carbons (Fsp3) is 0.375. The lowest BCUT2D eigenvalue weighted by atomic mass is 10.0. The molecule has 0 saturated heterocycles. The van der Waals surface area contributed by atoms with Gasteiger partial charge in [-0.15, -0.1) is 0 Å². The molecule has 1 aromatic carbocycles. The first-order valence-electron chi connectivity index (χ1n) is 7.59. The summed E-state index contributed by atoms with van der Waals surface area (Å²) in [5.41, 5.74) is 0. The van der Waals surface area contributed by atoms with E-state index >= 15 is 0 Å². The molecule has 0 radical (unpaired) electrons. The Morgan fingerprint density at radius 2 is 1.92 bits per heavy atom. The quantitative estimate of drug-likeness (QED) is 0.797. The number of carbonyl (C=O) groups is 1. The number of amides is 1. The molecule has 2 N–H and O–H groups in total. The van der Waals surface area contributed by atoms with Gasteiger partial charge in [0.2, 0.25) is 15.9 Å². The zero-order valence-electron chi connectivity index (χ0n) is 13.8. The van der Waals surface area contributed by atoms with Gasteiger partial charge in [0.05, 0.1) is 4.90 Å². The molecule has 0 saturated carbocycles. The van der Waals surface area contributed by atoms with Crippen LogP contribution in [-0.2, 0) is 14.8 Å². The van der Waals surface area contributed by atoms with Gasteiger partial charge in [-0.25, -0.2) is 8.42 Å². The number of carbonyl (C=O) groups excluding carboxylic acids is 1. The third-order valence-corrected chi connectivity index (χ3v) is 4.74. The molecule has 0 bridgehead atoms. The number of rotatable bonds is 7. The monoisotopic (exact) mass is 351 g/mol. The van der Waals surface area contributed by atoms with E-state index in [1.54, 1.807) is 31.2 Å². The minimum atomic E-state index is -3.79. The molecule has 0 spiro atoms. The smallest absolute Gasteiger partial charge is 0.243 e. The van der Waals surface area contributed by atoms with Gasteiger partial charge < -0.3 is 9.84 Å². The van der Waals surface area contributed by atoms with Gasteiger partial charge in [0.25, 0.3) is 0 Å². The van der Waals surface area contributed by atoms with E-state index in [9.17, 15) is 13.2 Å². The summed E-state index contributed by atoms with van der Waals surface area (Å²) in [5, 5.41) is 6.26. The maximum atomic E-state index is 12.5. The molecule has 0 aliphatic carbocycles. The number of hydrogen-bond acceptors (Lipinski definition) is 5. The number of benzene rings is 1. The summed E-state index contributed by atoms with van der Waals surface area (Å²) < 4.78 is 32.3. The largest absolute Gasteiger partial charge is 0.360 e. The highest BCUT2D eigenvalue weighted by Crippen LogP contribution is 2.14. The second kappa shape index (κ2) is 7.59. The van der Waals surface area contributed by atoms with E-state index in [1.165, 1.54) is 12.1 Å². The van der Waals surface area contributed by atoms with Crippen LogP contribution in [-0.4, -0.2) is 25.5 Å². The van der Waals surface area contributed by atoms with Crippen LogP contribution >= 0.6 is 0 Å². The van der Waals surface area contributed by atoms with Crippen molar-refractivity contribution in [2.24, 2.45) is 5.92 Å². The van der Waals surface area contributed by atoms with E-state index in [1.807, 2.05) is 13.8 Å². The Morgan fingerprint density at radius 1 is 1.25 bits per heavy atom. The molecule has 0 aliphatic heterocycles. The van der Waals surface area contributed by atoms with E-state index in [0.29, 0.717) is 12.2 Å². The van der Waals surface area contributed by atoms with Gasteiger partial charge in [-0.1, -0.05) is 37.2 Å². The van der Waals surface area contributed by atoms with Crippen LogP contribution in [0.25, 0.3) is 0 Å². The summed E-state index contributed by atoms with van der Waals surface area (Å²) in [6, 6.07) is 8.60. The summed E-state index contributed by atoms with van der Waals surface area (Å²) in [6.07, 6.45) is 0.356. The van der Waals surface area contributed by atoms with Gasteiger partial charge in [-0.05, 0) is 31.4 Å². The van der Waals surface area contributed by atoms with Crippen LogP contribution in [0, 0.1) is 12.8 Å². The van der Waals surface area contributed by atoms with Crippen LogP contribution < -0.4 is 10.0 Å². The maximum absolute atomic E-state index is 12.5. The number of anilines is 1. The Labute approximate surface area is 141 Å². The van der Waals surface area contributed by atoms with Crippen molar-refractivity contribution in [3.63, 3.8) is 0 Å². The van der Waals surface area contributed by atoms with Crippen molar-refractivity contribution in [1.82, 2.24) is 9.88 Å². The van der Waals surface area contributed by atoms with Crippen LogP contribution in [0.15, 0.2) is 45.8 Å². The fourth-order valence-electron chi connectivity index (χ4n) is 2.17. The van der Waals surface area contributed by atoms with Crippen LogP contribution in [0.3, 0.4) is 0 Å². The molecule has 1 aromatic heterocycles. The third kappa shape index (κ3) is 4.90. The number of sulfonamides is 1. The summed E-state index contributed by atoms with van der Waals surface area (Å²) in [5.74, 6) is 0.454. The van der Waals surface area contributed by atoms with E-state index < -0.39 is 22.0 Å². The lowest BCUT2D eigenvalue weighted by molar-refractivity contribution is -0.118. The molecular weight excluding hydrogens is 330 g/mol. The molecule has 7 nitrogen and oxygen atoms in total. The predicted octanol–water partition coefficient (Wildman–Crippen LogP) is 2.31. The van der Waals surface area contributed by atoms with Crippen molar-refractivity contribution in [1.29, 1.82) is 0 Å². The number of nitrogens with one attached hydrogen (secondary N) is 2. The average molecular weight is 351 g/mol. The molecule has 130 valence electrons. The SMILES string of the molecule is Cc1cc(NC(=O)[C@H](CC(C)C)NS(=O)(=O)c2ccccc2)no1. The van der Waals surface area contributed by atoms with Gasteiger partial charge >= 0.3 is 0 Å². The molecule has 1 heterocycles. The molecule has 1 atom stereocenters. The van der Waals surface area contributed by atoms with Crippen molar-refractivity contribution in [2.75, 3.05) is 5.32 Å². The van der Waals surface area contributed by atoms with E-state index in [-0.39, 0.29) is 16.6 Å². The van der Waals surface area contributed by atoms with Crippen molar-refractivity contribution >= 4 is 21.7 Å². The van der Waals surface area contributed by atoms with Crippen molar-refractivity contribution in [3.05, 3.63) is 42.2 Å². The van der Waals surface area contributed by atoms with Crippen molar-refractivity contribution < 1.29 is 17.7 Å². The van der Waals surface area contributed by atoms with Crippen molar-refractivity contribution in [2.45, 2.75) is 38.1 Å². The maximum Gasteiger partial charge on any atom is 0.243 e. The molecular formula is C16H21N3O4S. The number of hydrogen-bond donors (Lipinski definition) is 2. The van der Waals surface area contributed by atoms with E-state index in [2.05, 4.69) is 15.2 Å². The Balaban J connectivity index is 2.17. The summed E-state index contributed by atoms with van der Waals surface area (Å²) in [6.45, 7) is 5.53. The highest BCUT2D eigenvalue weighted by atomic mass is 32.2. The first-order valence-corrected chi connectivity index (χ1v) is 9.08. The van der Waals surface area contributed by atoms with Gasteiger partial charge in [-0.2, -0.15) is 4.72 Å². The first-order chi connectivity index (χ1) is 11.3. The van der Waals surface area contributed by atoms with Crippen LogP contribution in [0.1, 0.15) is 26.0 Å². The highest BCUT2D eigenvalue weighted by molar-refractivity contribution is 7.89. The lowest BCUT2D eigenvalue weighted by Gasteiger charge is -2.19. The zero-order chi connectivity index (χ0) is 17.7. The summed E-state index contributed by atoms with van der Waals surface area (Å²) in [4.78, 5) is 12.6. The number of nitrogens with zero attached hydrogens (tertiary/aromatic N) is 1. The van der Waals surface area contributed by atoms with Gasteiger partial charge in [0.1, 0.15) is 11.8 Å². The minimum absolute atomic E-state index is 0.115. The Bertz CT molecular complexity index is 785. The fourth-order valence-corrected chi connectivity index (χ4v) is 3.40. The molecule has 0 fully saturated rings. The van der Waals surface area contributed by atoms with Crippen LogP contribution in [0.2, 0.25) is 0 Å². The molecule has 0 unspecified atom stereocenters. The van der Waals surface area contributed by atoms with Gasteiger partial charge in [0, 0.05) is 6.07 Å². The highest BCUT2D eigenvalue weighted by Gasteiger charge is 2.27. The Kier molecular flexibility index (Phi) is 5.74. The van der Waals surface area contributed by atoms with E-state index in [0.717, 1.165) is 0 Å². The van der Waals surface area contributed by atoms with Crippen molar-refractivity contribution in [3.8, 4) is 0 Å². The Hall–Kier alpha value is -2.19. The second-order valence-electron chi connectivity index (χ2n) is 5.93. The molecule has 1 amide bonds. The first kappa shape index (κ1) is 18.2. The van der Waals surface area contributed by atoms with Crippen LogP contribution in [0.5, 0.6) is 0 Å². The van der Waals surface area contributed by atoms with Crippen LogP contribution in [0.4, 0.5) is 5.82 Å². The summed E-state index contributed by atoms with van der Waals surface area (Å²) in [7, 11) is -3.79. The number of aryl methyl sites for hydroxylation is 1. The van der Waals surface area contributed by atoms with Gasteiger partial charge in [0.15, 0.2) is 5.82 Å². The number of aromatic nitrogens is 1. The third-order valence-electron chi connectivity index (χ3n) is 3.25. The normalized spacial score (nSPS) is 13.0. The molecule has 8 heteroatoms. The average Bonchev–Trinajstić information content (AvgIpc) is 2.92. The molecule has 0 aliphatic rings. The Morgan fingerprint density at radius 3 is 2.46 bits per heavy atom.